The number of carbonyl (C=O) groups is 1. The maximum atomic E-state index is 11.7. The van der Waals surface area contributed by atoms with E-state index in [4.69, 9.17) is 10.9 Å². The van der Waals surface area contributed by atoms with Gasteiger partial charge in [0.1, 0.15) is 0 Å². The fourth-order valence-electron chi connectivity index (χ4n) is 1.81. The first-order chi connectivity index (χ1) is 9.31. The van der Waals surface area contributed by atoms with Crippen molar-refractivity contribution in [3.8, 4) is 12.3 Å². The molecule has 7 heteroatoms. The SMILES string of the molecule is C#CCSCCNC(=O)c1noc(C2CCCN2)n1. The molecule has 1 atom stereocenters. The van der Waals surface area contributed by atoms with E-state index in [0.717, 1.165) is 25.1 Å². The van der Waals surface area contributed by atoms with Gasteiger partial charge in [-0.1, -0.05) is 11.1 Å². The molecule has 0 bridgehead atoms. The van der Waals surface area contributed by atoms with E-state index in [-0.39, 0.29) is 17.8 Å². The van der Waals surface area contributed by atoms with Gasteiger partial charge in [-0.25, -0.2) is 0 Å². The summed E-state index contributed by atoms with van der Waals surface area (Å²) in [6, 6.07) is 0.0836. The predicted molar refractivity (Wildman–Crippen MR) is 72.8 cm³/mol. The zero-order valence-corrected chi connectivity index (χ0v) is 11.3. The highest BCUT2D eigenvalue weighted by Crippen LogP contribution is 2.20. The molecule has 2 N–H and O–H groups in total. The third-order valence-electron chi connectivity index (χ3n) is 2.72. The average Bonchev–Trinajstić information content (AvgIpc) is 3.08. The number of aromatic nitrogens is 2. The van der Waals surface area contributed by atoms with Crippen LogP contribution in [-0.4, -0.2) is 40.6 Å². The van der Waals surface area contributed by atoms with Gasteiger partial charge < -0.3 is 15.2 Å². The Labute approximate surface area is 116 Å². The van der Waals surface area contributed by atoms with Crippen LogP contribution in [0.15, 0.2) is 4.52 Å². The van der Waals surface area contributed by atoms with Crippen molar-refractivity contribution < 1.29 is 9.32 Å². The lowest BCUT2D eigenvalue weighted by Gasteiger charge is -2.01. The fraction of sp³-hybridized carbons (Fsp3) is 0.583. The highest BCUT2D eigenvalue weighted by Gasteiger charge is 2.24. The number of hydrogen-bond acceptors (Lipinski definition) is 6. The van der Waals surface area contributed by atoms with E-state index >= 15 is 0 Å². The molecule has 1 aromatic rings. The Bertz CT molecular complexity index is 463. The minimum Gasteiger partial charge on any atom is -0.348 e. The van der Waals surface area contributed by atoms with Crippen LogP contribution in [0.1, 0.15) is 35.4 Å². The minimum atomic E-state index is -0.311. The van der Waals surface area contributed by atoms with Crippen LogP contribution in [0.3, 0.4) is 0 Å². The maximum Gasteiger partial charge on any atom is 0.292 e. The van der Waals surface area contributed by atoms with E-state index in [2.05, 4.69) is 26.7 Å². The van der Waals surface area contributed by atoms with Crippen LogP contribution in [0.5, 0.6) is 0 Å². The lowest BCUT2D eigenvalue weighted by molar-refractivity contribution is 0.0943. The van der Waals surface area contributed by atoms with Crippen LogP contribution in [0.2, 0.25) is 0 Å². The zero-order valence-electron chi connectivity index (χ0n) is 10.5. The van der Waals surface area contributed by atoms with Crippen molar-refractivity contribution in [2.75, 3.05) is 24.6 Å². The summed E-state index contributed by atoms with van der Waals surface area (Å²) in [6.07, 6.45) is 7.18. The van der Waals surface area contributed by atoms with Crippen LogP contribution < -0.4 is 10.6 Å². The molecule has 1 aromatic heterocycles. The second kappa shape index (κ2) is 7.16. The van der Waals surface area contributed by atoms with Crippen LogP contribution in [0.4, 0.5) is 0 Å². The summed E-state index contributed by atoms with van der Waals surface area (Å²) in [4.78, 5) is 15.9. The summed E-state index contributed by atoms with van der Waals surface area (Å²) in [6.45, 7) is 1.48. The molecule has 19 heavy (non-hydrogen) atoms. The van der Waals surface area contributed by atoms with Crippen molar-refractivity contribution in [2.45, 2.75) is 18.9 Å². The van der Waals surface area contributed by atoms with Crippen LogP contribution in [0.25, 0.3) is 0 Å². The van der Waals surface area contributed by atoms with Crippen molar-refractivity contribution >= 4 is 17.7 Å². The number of thioether (sulfide) groups is 1. The highest BCUT2D eigenvalue weighted by molar-refractivity contribution is 7.99. The first-order valence-corrected chi connectivity index (χ1v) is 7.33. The first kappa shape index (κ1) is 13.9. The third-order valence-corrected chi connectivity index (χ3v) is 3.58. The lowest BCUT2D eigenvalue weighted by atomic mass is 10.2. The van der Waals surface area contributed by atoms with Gasteiger partial charge in [0.15, 0.2) is 0 Å². The molecule has 1 aliphatic heterocycles. The van der Waals surface area contributed by atoms with Gasteiger partial charge in [0.2, 0.25) is 5.89 Å². The molecule has 6 nitrogen and oxygen atoms in total. The Morgan fingerprint density at radius 1 is 1.68 bits per heavy atom. The number of rotatable bonds is 6. The van der Waals surface area contributed by atoms with Gasteiger partial charge in [-0.15, -0.1) is 18.2 Å². The molecule has 1 aliphatic rings. The summed E-state index contributed by atoms with van der Waals surface area (Å²) >= 11 is 1.59. The van der Waals surface area contributed by atoms with Crippen molar-refractivity contribution in [3.63, 3.8) is 0 Å². The maximum absolute atomic E-state index is 11.7. The van der Waals surface area contributed by atoms with Crippen molar-refractivity contribution in [3.05, 3.63) is 11.7 Å². The summed E-state index contributed by atoms with van der Waals surface area (Å²) in [5.74, 6) is 4.21. The first-order valence-electron chi connectivity index (χ1n) is 6.17. The minimum absolute atomic E-state index is 0.0836. The Morgan fingerprint density at radius 3 is 3.32 bits per heavy atom. The molecule has 102 valence electrons. The molecule has 0 radical (unpaired) electrons. The average molecular weight is 280 g/mol. The molecule has 1 unspecified atom stereocenters. The normalized spacial score (nSPS) is 18.2. The van der Waals surface area contributed by atoms with Gasteiger partial charge >= 0.3 is 0 Å². The van der Waals surface area contributed by atoms with E-state index in [1.165, 1.54) is 0 Å². The summed E-state index contributed by atoms with van der Waals surface area (Å²) < 4.78 is 5.10. The van der Waals surface area contributed by atoms with Crippen molar-refractivity contribution in [1.82, 2.24) is 20.8 Å². The second-order valence-corrected chi connectivity index (χ2v) is 5.22. The largest absolute Gasteiger partial charge is 0.348 e. The molecule has 1 fully saturated rings. The molecule has 1 amide bonds. The van der Waals surface area contributed by atoms with E-state index in [1.807, 2.05) is 0 Å². The Morgan fingerprint density at radius 2 is 2.58 bits per heavy atom. The fourth-order valence-corrected chi connectivity index (χ4v) is 2.32. The standard InChI is InChI=1S/C12H16N4O2S/c1-2-7-19-8-6-14-11(17)10-15-12(18-16-10)9-4-3-5-13-9/h1,9,13H,3-8H2,(H,14,17). The van der Waals surface area contributed by atoms with E-state index in [1.54, 1.807) is 11.8 Å². The number of amides is 1. The molecule has 0 saturated carbocycles. The molecule has 2 rings (SSSR count). The molecule has 2 heterocycles. The monoisotopic (exact) mass is 280 g/mol. The summed E-state index contributed by atoms with van der Waals surface area (Å²) in [5, 5.41) is 9.67. The Hall–Kier alpha value is -1.52. The summed E-state index contributed by atoms with van der Waals surface area (Å²) in [5.41, 5.74) is 0. The van der Waals surface area contributed by atoms with Gasteiger partial charge in [0.25, 0.3) is 11.7 Å². The van der Waals surface area contributed by atoms with Crippen LogP contribution in [0, 0.1) is 12.3 Å². The molecule has 0 aliphatic carbocycles. The molecule has 1 saturated heterocycles. The van der Waals surface area contributed by atoms with Crippen LogP contribution in [-0.2, 0) is 0 Å². The van der Waals surface area contributed by atoms with Crippen molar-refractivity contribution in [2.24, 2.45) is 0 Å². The molecular weight excluding hydrogens is 264 g/mol. The van der Waals surface area contributed by atoms with Crippen LogP contribution >= 0.6 is 11.8 Å². The Kier molecular flexibility index (Phi) is 5.24. The smallest absolute Gasteiger partial charge is 0.292 e. The van der Waals surface area contributed by atoms with Crippen molar-refractivity contribution in [1.29, 1.82) is 0 Å². The van der Waals surface area contributed by atoms with E-state index in [9.17, 15) is 4.79 Å². The lowest BCUT2D eigenvalue weighted by Crippen LogP contribution is -2.27. The van der Waals surface area contributed by atoms with Gasteiger partial charge in [-0.2, -0.15) is 4.98 Å². The van der Waals surface area contributed by atoms with E-state index < -0.39 is 0 Å². The van der Waals surface area contributed by atoms with Gasteiger partial charge in [0.05, 0.1) is 11.8 Å². The second-order valence-electron chi connectivity index (χ2n) is 4.12. The number of hydrogen-bond donors (Lipinski definition) is 2. The number of carbonyl (C=O) groups excluding carboxylic acids is 1. The van der Waals surface area contributed by atoms with Gasteiger partial charge in [-0.05, 0) is 19.4 Å². The highest BCUT2D eigenvalue weighted by atomic mass is 32.2. The number of nitrogens with zero attached hydrogens (tertiary/aromatic N) is 2. The van der Waals surface area contributed by atoms with Gasteiger partial charge in [0, 0.05) is 12.3 Å². The molecule has 0 spiro atoms. The molecular formula is C12H16N4O2S. The predicted octanol–water partition coefficient (Wildman–Crippen LogP) is 0.590. The van der Waals surface area contributed by atoms with E-state index in [0.29, 0.717) is 18.2 Å². The quantitative estimate of drug-likeness (QED) is 0.586. The third kappa shape index (κ3) is 3.98. The number of terminal acetylenes is 1. The molecule has 0 aromatic carbocycles. The summed E-state index contributed by atoms with van der Waals surface area (Å²) in [7, 11) is 0. The van der Waals surface area contributed by atoms with Gasteiger partial charge in [-0.3, -0.25) is 4.79 Å². The zero-order chi connectivity index (χ0) is 13.5. The topological polar surface area (TPSA) is 80.0 Å². The number of nitrogens with one attached hydrogen (secondary N) is 2. The Balaban J connectivity index is 1.78.